The van der Waals surface area contributed by atoms with Gasteiger partial charge in [-0.15, -0.1) is 0 Å². The number of carbonyl (C=O) groups is 2. The highest BCUT2D eigenvalue weighted by Gasteiger charge is 2.47. The zero-order chi connectivity index (χ0) is 26.6. The number of ether oxygens (including phenoxy) is 3. The topological polar surface area (TPSA) is 85.3 Å². The number of aliphatic hydroxyl groups is 1. The number of amides is 1. The number of methoxy groups -OCH3 is 1. The summed E-state index contributed by atoms with van der Waals surface area (Å²) in [7, 11) is 1.53. The van der Waals surface area contributed by atoms with Crippen LogP contribution < -0.4 is 9.47 Å². The molecule has 2 saturated heterocycles. The molecule has 2 aliphatic heterocycles. The van der Waals surface area contributed by atoms with Gasteiger partial charge < -0.3 is 24.2 Å². The lowest BCUT2D eigenvalue weighted by atomic mass is 9.95. The Morgan fingerprint density at radius 3 is 2.50 bits per heavy atom. The van der Waals surface area contributed by atoms with E-state index in [9.17, 15) is 14.7 Å². The number of hydrogen-bond donors (Lipinski definition) is 1. The molecule has 2 unspecified atom stereocenters. The number of carbonyl (C=O) groups excluding carboxylic acids is 2. The summed E-state index contributed by atoms with van der Waals surface area (Å²) < 4.78 is 17.4. The van der Waals surface area contributed by atoms with E-state index in [1.165, 1.54) is 12.0 Å². The maximum atomic E-state index is 13.3. The average Bonchev–Trinajstić information content (AvgIpc) is 3.55. The van der Waals surface area contributed by atoms with Gasteiger partial charge in [0, 0.05) is 23.7 Å². The normalized spacial score (nSPS) is 20.6. The van der Waals surface area contributed by atoms with Crippen molar-refractivity contribution < 1.29 is 28.9 Å². The average molecular weight is 534 g/mol. The van der Waals surface area contributed by atoms with Gasteiger partial charge in [-0.1, -0.05) is 48.0 Å². The van der Waals surface area contributed by atoms with Crippen molar-refractivity contribution in [3.8, 4) is 11.5 Å². The molecule has 2 atom stereocenters. The number of likely N-dealkylation sites (tertiary alicyclic amines) is 1. The van der Waals surface area contributed by atoms with Crippen LogP contribution in [0.15, 0.2) is 78.4 Å². The first-order valence-electron chi connectivity index (χ1n) is 12.5. The predicted octanol–water partition coefficient (Wildman–Crippen LogP) is 5.53. The number of benzene rings is 3. The summed E-state index contributed by atoms with van der Waals surface area (Å²) in [6.07, 6.45) is 1.51. The van der Waals surface area contributed by atoms with Crippen LogP contribution in [0.4, 0.5) is 0 Å². The zero-order valence-electron chi connectivity index (χ0n) is 20.9. The van der Waals surface area contributed by atoms with Gasteiger partial charge in [0.25, 0.3) is 11.7 Å². The molecule has 5 rings (SSSR count). The van der Waals surface area contributed by atoms with Crippen molar-refractivity contribution in [2.45, 2.75) is 31.6 Å². The quantitative estimate of drug-likeness (QED) is 0.233. The monoisotopic (exact) mass is 533 g/mol. The van der Waals surface area contributed by atoms with E-state index >= 15 is 0 Å². The number of rotatable bonds is 8. The van der Waals surface area contributed by atoms with E-state index in [2.05, 4.69) is 0 Å². The Hall–Kier alpha value is -3.81. The third-order valence-electron chi connectivity index (χ3n) is 6.82. The third kappa shape index (κ3) is 5.26. The molecule has 1 amide bonds. The fourth-order valence-electron chi connectivity index (χ4n) is 4.89. The Morgan fingerprint density at radius 1 is 1.05 bits per heavy atom. The Bertz CT molecular complexity index is 1350. The number of hydrogen-bond acceptors (Lipinski definition) is 6. The van der Waals surface area contributed by atoms with E-state index in [1.54, 1.807) is 42.5 Å². The Labute approximate surface area is 226 Å². The van der Waals surface area contributed by atoms with Gasteiger partial charge in [0.2, 0.25) is 0 Å². The molecule has 3 aromatic rings. The number of halogens is 1. The molecule has 8 heteroatoms. The molecule has 0 aromatic heterocycles. The molecule has 38 heavy (non-hydrogen) atoms. The van der Waals surface area contributed by atoms with Crippen molar-refractivity contribution in [1.82, 2.24) is 4.90 Å². The molecule has 0 radical (unpaired) electrons. The van der Waals surface area contributed by atoms with Gasteiger partial charge in [-0.05, 0) is 60.4 Å². The van der Waals surface area contributed by atoms with Crippen molar-refractivity contribution in [1.29, 1.82) is 0 Å². The Balaban J connectivity index is 1.54. The van der Waals surface area contributed by atoms with E-state index in [4.69, 9.17) is 25.8 Å². The molecule has 2 fully saturated rings. The third-order valence-corrected chi connectivity index (χ3v) is 7.07. The first-order chi connectivity index (χ1) is 18.5. The summed E-state index contributed by atoms with van der Waals surface area (Å²) in [5, 5.41) is 11.7. The summed E-state index contributed by atoms with van der Waals surface area (Å²) >= 11 is 6.02. The summed E-state index contributed by atoms with van der Waals surface area (Å²) in [6, 6.07) is 20.7. The van der Waals surface area contributed by atoms with Crippen LogP contribution in [-0.4, -0.2) is 48.1 Å². The lowest BCUT2D eigenvalue weighted by Gasteiger charge is -2.28. The largest absolute Gasteiger partial charge is 0.507 e. The summed E-state index contributed by atoms with van der Waals surface area (Å²) in [4.78, 5) is 28.0. The number of nitrogens with zero attached hydrogens (tertiary/aromatic N) is 1. The van der Waals surface area contributed by atoms with Crippen molar-refractivity contribution in [3.05, 3.63) is 100 Å². The van der Waals surface area contributed by atoms with Crippen molar-refractivity contribution in [3.63, 3.8) is 0 Å². The fourth-order valence-corrected chi connectivity index (χ4v) is 5.02. The minimum Gasteiger partial charge on any atom is -0.507 e. The zero-order valence-corrected chi connectivity index (χ0v) is 21.7. The van der Waals surface area contributed by atoms with E-state index in [-0.39, 0.29) is 24.0 Å². The van der Waals surface area contributed by atoms with Crippen LogP contribution in [0, 0.1) is 0 Å². The first-order valence-corrected chi connectivity index (χ1v) is 12.8. The molecule has 0 bridgehead atoms. The fraction of sp³-hybridized carbons (Fsp3) is 0.267. The molecule has 2 heterocycles. The van der Waals surface area contributed by atoms with E-state index < -0.39 is 17.7 Å². The highest BCUT2D eigenvalue weighted by Crippen LogP contribution is 2.42. The number of Topliss-reactive ketones (excluding diaryl/α,β-unsaturated/α-hetero) is 1. The maximum absolute atomic E-state index is 13.3. The maximum Gasteiger partial charge on any atom is 0.295 e. The molecular weight excluding hydrogens is 506 g/mol. The van der Waals surface area contributed by atoms with Crippen LogP contribution in [-0.2, 0) is 20.9 Å². The van der Waals surface area contributed by atoms with Gasteiger partial charge in [0.15, 0.2) is 11.5 Å². The molecule has 2 aliphatic rings. The van der Waals surface area contributed by atoms with Crippen LogP contribution in [0.1, 0.15) is 35.6 Å². The Kier molecular flexibility index (Phi) is 7.67. The molecule has 0 aliphatic carbocycles. The van der Waals surface area contributed by atoms with E-state index in [0.29, 0.717) is 40.9 Å². The van der Waals surface area contributed by atoms with Gasteiger partial charge in [-0.25, -0.2) is 0 Å². The summed E-state index contributed by atoms with van der Waals surface area (Å²) in [6.45, 7) is 1.21. The van der Waals surface area contributed by atoms with Crippen LogP contribution in [0.25, 0.3) is 5.76 Å². The van der Waals surface area contributed by atoms with E-state index in [0.717, 1.165) is 18.4 Å². The van der Waals surface area contributed by atoms with Crippen LogP contribution in [0.5, 0.6) is 11.5 Å². The van der Waals surface area contributed by atoms with Crippen LogP contribution in [0.3, 0.4) is 0 Å². The number of ketones is 1. The second kappa shape index (κ2) is 11.3. The molecule has 0 saturated carbocycles. The SMILES string of the molecule is COc1cc(C2/C(=C(\O)c3ccc(Cl)cc3)C(=O)C(=O)N2CC2CCCO2)ccc1OCc1ccccc1. The van der Waals surface area contributed by atoms with Gasteiger partial charge in [-0.3, -0.25) is 9.59 Å². The lowest BCUT2D eigenvalue weighted by Crippen LogP contribution is -2.36. The molecular formula is C30H28ClNO6. The number of aliphatic hydroxyl groups excluding tert-OH is 1. The van der Waals surface area contributed by atoms with Crippen molar-refractivity contribution >= 4 is 29.1 Å². The van der Waals surface area contributed by atoms with Crippen molar-refractivity contribution in [2.24, 2.45) is 0 Å². The lowest BCUT2D eigenvalue weighted by molar-refractivity contribution is -0.140. The second-order valence-corrected chi connectivity index (χ2v) is 9.71. The minimum atomic E-state index is -0.827. The van der Waals surface area contributed by atoms with Gasteiger partial charge in [0.1, 0.15) is 12.4 Å². The van der Waals surface area contributed by atoms with Crippen molar-refractivity contribution in [2.75, 3.05) is 20.3 Å². The Morgan fingerprint density at radius 2 is 1.82 bits per heavy atom. The van der Waals surface area contributed by atoms with Crippen LogP contribution in [0.2, 0.25) is 5.02 Å². The smallest absolute Gasteiger partial charge is 0.295 e. The molecule has 7 nitrogen and oxygen atoms in total. The summed E-state index contributed by atoms with van der Waals surface area (Å²) in [5.74, 6) is -0.710. The van der Waals surface area contributed by atoms with Gasteiger partial charge in [-0.2, -0.15) is 0 Å². The molecule has 196 valence electrons. The second-order valence-electron chi connectivity index (χ2n) is 9.28. The van der Waals surface area contributed by atoms with Gasteiger partial charge in [0.05, 0.1) is 24.8 Å². The summed E-state index contributed by atoms with van der Waals surface area (Å²) in [5.41, 5.74) is 2.02. The van der Waals surface area contributed by atoms with Gasteiger partial charge >= 0.3 is 0 Å². The molecule has 3 aromatic carbocycles. The van der Waals surface area contributed by atoms with E-state index in [1.807, 2.05) is 30.3 Å². The van der Waals surface area contributed by atoms with Crippen LogP contribution >= 0.6 is 11.6 Å². The minimum absolute atomic E-state index is 0.00956. The molecule has 0 spiro atoms. The standard InChI is InChI=1S/C30H28ClNO6/c1-36-25-16-21(11-14-24(25)38-18-19-6-3-2-4-7-19)27-26(28(33)20-9-12-22(31)13-10-20)29(34)30(35)32(27)17-23-8-5-15-37-23/h2-4,6-7,9-14,16,23,27,33H,5,8,15,17-18H2,1H3/b28-26+. The molecule has 1 N–H and O–H groups in total. The highest BCUT2D eigenvalue weighted by atomic mass is 35.5. The highest BCUT2D eigenvalue weighted by molar-refractivity contribution is 6.46. The predicted molar refractivity (Wildman–Crippen MR) is 143 cm³/mol. The first kappa shape index (κ1) is 25.8.